The summed E-state index contributed by atoms with van der Waals surface area (Å²) in [6.45, 7) is 4.01. The molecule has 1 aliphatic heterocycles. The van der Waals surface area contributed by atoms with E-state index in [1.807, 2.05) is 0 Å². The van der Waals surface area contributed by atoms with Crippen LogP contribution in [0.4, 0.5) is 0 Å². The second-order valence-corrected chi connectivity index (χ2v) is 14.0. The smallest absolute Gasteiger partial charge is 0.302 e. The molecule has 0 aromatic rings. The van der Waals surface area contributed by atoms with E-state index in [1.165, 1.54) is 52.4 Å². The zero-order valence-electron chi connectivity index (χ0n) is 27.3. The Morgan fingerprint density at radius 3 is 2.23 bits per heavy atom. The van der Waals surface area contributed by atoms with Gasteiger partial charge in [-0.05, 0) is 81.0 Å². The second kappa shape index (κ2) is 19.3. The van der Waals surface area contributed by atoms with Crippen LogP contribution in [0.15, 0.2) is 0 Å². The van der Waals surface area contributed by atoms with Gasteiger partial charge in [0.15, 0.2) is 0 Å². The van der Waals surface area contributed by atoms with Crippen molar-refractivity contribution in [3.63, 3.8) is 0 Å². The molecule has 0 aromatic heterocycles. The van der Waals surface area contributed by atoms with E-state index < -0.39 is 6.10 Å². The molecule has 0 aromatic carbocycles. The number of quaternary nitrogens is 1. The molecule has 0 amide bonds. The van der Waals surface area contributed by atoms with Crippen molar-refractivity contribution in [2.45, 2.75) is 154 Å². The Kier molecular flexibility index (Phi) is 16.3. The van der Waals surface area contributed by atoms with Crippen LogP contribution >= 0.6 is 0 Å². The highest BCUT2D eigenvalue weighted by atomic mass is 16.6. The lowest BCUT2D eigenvalue weighted by Gasteiger charge is -2.44. The van der Waals surface area contributed by atoms with Crippen LogP contribution < -0.4 is 11.1 Å². The van der Waals surface area contributed by atoms with Gasteiger partial charge in [-0.25, -0.2) is 0 Å². The number of piperidine rings is 1. The summed E-state index contributed by atoms with van der Waals surface area (Å²) in [7, 11) is 1.66. The van der Waals surface area contributed by atoms with Crippen LogP contribution in [-0.4, -0.2) is 73.0 Å². The van der Waals surface area contributed by atoms with Crippen molar-refractivity contribution >= 4 is 11.9 Å². The quantitative estimate of drug-likeness (QED) is 0.182. The maximum atomic E-state index is 12.1. The largest absolute Gasteiger partial charge is 0.462 e. The van der Waals surface area contributed by atoms with Crippen LogP contribution in [0.1, 0.15) is 123 Å². The van der Waals surface area contributed by atoms with Crippen molar-refractivity contribution in [1.82, 2.24) is 0 Å². The lowest BCUT2D eigenvalue weighted by atomic mass is 9.66. The molecule has 2 aliphatic carbocycles. The summed E-state index contributed by atoms with van der Waals surface area (Å²) >= 11 is 0. The molecule has 9 nitrogen and oxygen atoms in total. The molecule has 9 heteroatoms. The Morgan fingerprint density at radius 2 is 1.60 bits per heavy atom. The van der Waals surface area contributed by atoms with Gasteiger partial charge in [-0.3, -0.25) is 15.3 Å². The number of aliphatic hydroxyl groups is 2. The van der Waals surface area contributed by atoms with Crippen LogP contribution in [0.2, 0.25) is 0 Å². The second-order valence-electron chi connectivity index (χ2n) is 14.0. The highest BCUT2D eigenvalue weighted by Gasteiger charge is 2.42. The number of nitrogens with two attached hydrogens (primary N) is 2. The predicted octanol–water partition coefficient (Wildman–Crippen LogP) is 3.82. The van der Waals surface area contributed by atoms with Crippen molar-refractivity contribution in [2.75, 3.05) is 20.3 Å². The maximum Gasteiger partial charge on any atom is 0.302 e. The lowest BCUT2D eigenvalue weighted by Crippen LogP contribution is -2.94. The summed E-state index contributed by atoms with van der Waals surface area (Å²) in [6, 6.07) is 0. The van der Waals surface area contributed by atoms with Gasteiger partial charge in [-0.2, -0.15) is 0 Å². The molecule has 0 radical (unpaired) electrons. The van der Waals surface area contributed by atoms with Gasteiger partial charge in [-0.15, -0.1) is 0 Å². The molecule has 2 saturated carbocycles. The normalized spacial score (nSPS) is 30.7. The highest BCUT2D eigenvalue weighted by Crippen LogP contribution is 2.42. The van der Waals surface area contributed by atoms with E-state index in [9.17, 15) is 19.8 Å². The zero-order valence-corrected chi connectivity index (χ0v) is 27.3. The van der Waals surface area contributed by atoms with Crippen LogP contribution in [0, 0.1) is 29.6 Å². The van der Waals surface area contributed by atoms with Gasteiger partial charge in [-0.1, -0.05) is 44.9 Å². The van der Waals surface area contributed by atoms with E-state index >= 15 is 0 Å². The van der Waals surface area contributed by atoms with E-state index in [1.54, 1.807) is 7.11 Å². The molecule has 1 heterocycles. The van der Waals surface area contributed by atoms with Crippen molar-refractivity contribution in [1.29, 1.82) is 0 Å². The summed E-state index contributed by atoms with van der Waals surface area (Å²) in [5, 5.41) is 23.1. The molecule has 9 atom stereocenters. The minimum atomic E-state index is -0.479. The summed E-state index contributed by atoms with van der Waals surface area (Å²) in [5.41, 5.74) is 6.30. The van der Waals surface area contributed by atoms with Gasteiger partial charge in [0.05, 0.1) is 18.8 Å². The minimum Gasteiger partial charge on any atom is -0.462 e. The number of carbonyl (C=O) groups excluding carboxylic acids is 2. The molecule has 3 fully saturated rings. The third-order valence-electron chi connectivity index (χ3n) is 10.7. The first-order valence-electron chi connectivity index (χ1n) is 17.4. The SMILES string of the molecule is COC1CC(CCC(CC(CCC(CO)CCCC2CCCCC2)OC(C)=O)OC(C)=O)C(C2CC[NH2+]C(N)C2)CC1O. The van der Waals surface area contributed by atoms with Gasteiger partial charge in [0.25, 0.3) is 0 Å². The molecule has 0 bridgehead atoms. The fourth-order valence-corrected chi connectivity index (χ4v) is 8.42. The molecule has 3 rings (SSSR count). The molecule has 250 valence electrons. The number of hydrogen-bond acceptors (Lipinski definition) is 8. The van der Waals surface area contributed by atoms with E-state index in [-0.39, 0.29) is 48.9 Å². The molecular formula is C34H63N2O7+. The van der Waals surface area contributed by atoms with Gasteiger partial charge in [0.1, 0.15) is 18.4 Å². The average Bonchev–Trinajstić information content (AvgIpc) is 2.97. The predicted molar refractivity (Wildman–Crippen MR) is 166 cm³/mol. The summed E-state index contributed by atoms with van der Waals surface area (Å²) < 4.78 is 17.2. The first kappa shape index (κ1) is 36.2. The molecule has 43 heavy (non-hydrogen) atoms. The average molecular weight is 612 g/mol. The fourth-order valence-electron chi connectivity index (χ4n) is 8.42. The summed E-state index contributed by atoms with van der Waals surface area (Å²) in [6.07, 6.45) is 15.7. The van der Waals surface area contributed by atoms with E-state index in [0.717, 1.165) is 57.4 Å². The molecule has 0 spiro atoms. The number of rotatable bonds is 17. The van der Waals surface area contributed by atoms with Crippen molar-refractivity contribution in [2.24, 2.45) is 35.3 Å². The molecule has 9 unspecified atom stereocenters. The topological polar surface area (TPSA) is 145 Å². The molecular weight excluding hydrogens is 548 g/mol. The minimum absolute atomic E-state index is 0.102. The molecule has 6 N–H and O–H groups in total. The number of aliphatic hydroxyl groups excluding tert-OH is 2. The third-order valence-corrected chi connectivity index (χ3v) is 10.7. The summed E-state index contributed by atoms with van der Waals surface area (Å²) in [5.74, 6) is 1.51. The van der Waals surface area contributed by atoms with Crippen LogP contribution in [0.3, 0.4) is 0 Å². The number of methoxy groups -OCH3 is 1. The third kappa shape index (κ3) is 12.9. The number of hydrogen-bond donors (Lipinski definition) is 4. The van der Waals surface area contributed by atoms with Crippen LogP contribution in [0.5, 0.6) is 0 Å². The lowest BCUT2D eigenvalue weighted by molar-refractivity contribution is -0.699. The van der Waals surface area contributed by atoms with Crippen molar-refractivity contribution < 1.29 is 39.3 Å². The molecule has 1 saturated heterocycles. The van der Waals surface area contributed by atoms with Crippen LogP contribution in [0.25, 0.3) is 0 Å². The van der Waals surface area contributed by atoms with Crippen molar-refractivity contribution in [3.05, 3.63) is 0 Å². The molecule has 3 aliphatic rings. The Morgan fingerprint density at radius 1 is 0.907 bits per heavy atom. The number of carbonyl (C=O) groups is 2. The Hall–Kier alpha value is -1.26. The Labute approximate surface area is 260 Å². The Bertz CT molecular complexity index is 808. The highest BCUT2D eigenvalue weighted by molar-refractivity contribution is 5.66. The van der Waals surface area contributed by atoms with Crippen LogP contribution in [-0.2, 0) is 23.8 Å². The maximum absolute atomic E-state index is 12.1. The van der Waals surface area contributed by atoms with Gasteiger partial charge < -0.3 is 29.7 Å². The summed E-state index contributed by atoms with van der Waals surface area (Å²) in [4.78, 5) is 24.2. The standard InChI is InChI=1S/C34H62N2O7/c1-23(38)42-29(14-12-26(22-37)11-7-10-25-8-5-4-6-9-25)20-30(43-24(2)39)15-13-27-18-33(41-3)32(40)21-31(27)28-16-17-36-34(35)19-28/h25-34,36-37,40H,4-22,35H2,1-3H3/p+1. The van der Waals surface area contributed by atoms with Gasteiger partial charge >= 0.3 is 11.9 Å². The first-order valence-corrected chi connectivity index (χ1v) is 17.4. The first-order chi connectivity index (χ1) is 20.7. The van der Waals surface area contributed by atoms with Crippen molar-refractivity contribution in [3.8, 4) is 0 Å². The van der Waals surface area contributed by atoms with Gasteiger partial charge in [0.2, 0.25) is 0 Å². The number of esters is 2. The van der Waals surface area contributed by atoms with E-state index in [4.69, 9.17) is 19.9 Å². The monoisotopic (exact) mass is 611 g/mol. The van der Waals surface area contributed by atoms with E-state index in [0.29, 0.717) is 43.4 Å². The zero-order chi connectivity index (χ0) is 31.2. The fraction of sp³-hybridized carbons (Fsp3) is 0.941. The number of ether oxygens (including phenoxy) is 3. The Balaban J connectivity index is 1.58. The van der Waals surface area contributed by atoms with Gasteiger partial charge in [0, 0.05) is 40.4 Å². The van der Waals surface area contributed by atoms with E-state index in [2.05, 4.69) is 5.32 Å².